The number of rotatable bonds is 3. The largest absolute Gasteiger partial charge is 0.416 e. The molecular formula is C15H11F3INO. The van der Waals surface area contributed by atoms with Gasteiger partial charge in [0.1, 0.15) is 0 Å². The molecule has 0 heterocycles. The number of amides is 1. The molecule has 2 aromatic rings. The minimum atomic E-state index is -4.37. The Labute approximate surface area is 133 Å². The van der Waals surface area contributed by atoms with Gasteiger partial charge in [0.05, 0.1) is 12.0 Å². The number of halogens is 4. The fourth-order valence-electron chi connectivity index (χ4n) is 1.78. The van der Waals surface area contributed by atoms with Gasteiger partial charge < -0.3 is 5.32 Å². The van der Waals surface area contributed by atoms with E-state index in [0.29, 0.717) is 5.69 Å². The van der Waals surface area contributed by atoms with Gasteiger partial charge in [0, 0.05) is 9.26 Å². The van der Waals surface area contributed by atoms with Gasteiger partial charge in [-0.25, -0.2) is 0 Å². The Balaban J connectivity index is 2.00. The Kier molecular flexibility index (Phi) is 4.87. The van der Waals surface area contributed by atoms with Gasteiger partial charge in [-0.1, -0.05) is 12.1 Å². The lowest BCUT2D eigenvalue weighted by Gasteiger charge is -2.09. The highest BCUT2D eigenvalue weighted by Gasteiger charge is 2.29. The average molecular weight is 405 g/mol. The number of alkyl halides is 3. The zero-order valence-electron chi connectivity index (χ0n) is 10.7. The zero-order valence-corrected chi connectivity index (χ0v) is 12.9. The molecule has 110 valence electrons. The Bertz CT molecular complexity index is 638. The van der Waals surface area contributed by atoms with Crippen molar-refractivity contribution >= 4 is 34.2 Å². The summed E-state index contributed by atoms with van der Waals surface area (Å²) in [5, 5.41) is 2.58. The lowest BCUT2D eigenvalue weighted by molar-refractivity contribution is -0.137. The topological polar surface area (TPSA) is 29.1 Å². The van der Waals surface area contributed by atoms with Crippen LogP contribution in [-0.2, 0) is 17.4 Å². The molecular weight excluding hydrogens is 394 g/mol. The van der Waals surface area contributed by atoms with Crippen molar-refractivity contribution in [2.24, 2.45) is 0 Å². The zero-order chi connectivity index (χ0) is 15.5. The minimum absolute atomic E-state index is 0.178. The van der Waals surface area contributed by atoms with Gasteiger partial charge in [-0.15, -0.1) is 0 Å². The Morgan fingerprint density at radius 3 is 2.33 bits per heavy atom. The van der Waals surface area contributed by atoms with E-state index in [4.69, 9.17) is 0 Å². The highest BCUT2D eigenvalue weighted by molar-refractivity contribution is 14.1. The predicted octanol–water partition coefficient (Wildman–Crippen LogP) is 4.49. The summed E-state index contributed by atoms with van der Waals surface area (Å²) in [5.41, 5.74) is 0.461. The summed E-state index contributed by atoms with van der Waals surface area (Å²) in [6, 6.07) is 11.9. The standard InChI is InChI=1S/C15H11F3INO/c16-15(17,18)11-4-6-13(7-5-11)20-14(21)9-10-2-1-3-12(19)8-10/h1-8H,9H2,(H,20,21). The van der Waals surface area contributed by atoms with Crippen LogP contribution in [0.25, 0.3) is 0 Å². The van der Waals surface area contributed by atoms with E-state index < -0.39 is 11.7 Å². The third kappa shape index (κ3) is 4.73. The number of nitrogens with one attached hydrogen (secondary N) is 1. The molecule has 0 saturated carbocycles. The molecule has 0 bridgehead atoms. The van der Waals surface area contributed by atoms with Crippen LogP contribution in [0.5, 0.6) is 0 Å². The molecule has 21 heavy (non-hydrogen) atoms. The monoisotopic (exact) mass is 405 g/mol. The molecule has 2 aromatic carbocycles. The van der Waals surface area contributed by atoms with E-state index in [1.54, 1.807) is 0 Å². The second-order valence-corrected chi connectivity index (χ2v) is 5.68. The van der Waals surface area contributed by atoms with Crippen molar-refractivity contribution in [1.29, 1.82) is 0 Å². The smallest absolute Gasteiger partial charge is 0.326 e. The third-order valence-electron chi connectivity index (χ3n) is 2.75. The molecule has 0 fully saturated rings. The van der Waals surface area contributed by atoms with E-state index in [0.717, 1.165) is 21.3 Å². The van der Waals surface area contributed by atoms with Gasteiger partial charge >= 0.3 is 6.18 Å². The molecule has 1 amide bonds. The highest BCUT2D eigenvalue weighted by Crippen LogP contribution is 2.29. The molecule has 0 saturated heterocycles. The van der Waals surface area contributed by atoms with Crippen LogP contribution in [0.1, 0.15) is 11.1 Å². The molecule has 0 radical (unpaired) electrons. The van der Waals surface area contributed by atoms with Crippen molar-refractivity contribution in [2.75, 3.05) is 5.32 Å². The first kappa shape index (κ1) is 15.8. The number of hydrogen-bond acceptors (Lipinski definition) is 1. The molecule has 0 unspecified atom stereocenters. The van der Waals surface area contributed by atoms with Gasteiger partial charge in [0.25, 0.3) is 0 Å². The average Bonchev–Trinajstić information content (AvgIpc) is 2.38. The maximum absolute atomic E-state index is 12.4. The molecule has 0 atom stereocenters. The van der Waals surface area contributed by atoms with E-state index in [1.165, 1.54) is 12.1 Å². The first-order chi connectivity index (χ1) is 9.84. The van der Waals surface area contributed by atoms with E-state index in [-0.39, 0.29) is 12.3 Å². The molecule has 0 spiro atoms. The summed E-state index contributed by atoms with van der Waals surface area (Å²) >= 11 is 2.15. The Hall–Kier alpha value is -1.57. The number of carbonyl (C=O) groups excluding carboxylic acids is 1. The maximum atomic E-state index is 12.4. The van der Waals surface area contributed by atoms with Crippen molar-refractivity contribution in [2.45, 2.75) is 12.6 Å². The van der Waals surface area contributed by atoms with Gasteiger partial charge in [-0.3, -0.25) is 4.79 Å². The lowest BCUT2D eigenvalue weighted by atomic mass is 10.1. The number of benzene rings is 2. The van der Waals surface area contributed by atoms with Crippen molar-refractivity contribution < 1.29 is 18.0 Å². The lowest BCUT2D eigenvalue weighted by Crippen LogP contribution is -2.14. The molecule has 2 rings (SSSR count). The van der Waals surface area contributed by atoms with Crippen LogP contribution in [0.3, 0.4) is 0 Å². The van der Waals surface area contributed by atoms with Crippen LogP contribution in [0.15, 0.2) is 48.5 Å². The molecule has 0 aliphatic carbocycles. The Morgan fingerprint density at radius 1 is 1.10 bits per heavy atom. The maximum Gasteiger partial charge on any atom is 0.416 e. The first-order valence-corrected chi connectivity index (χ1v) is 7.14. The van der Waals surface area contributed by atoms with Gasteiger partial charge in [0.15, 0.2) is 0 Å². The quantitative estimate of drug-likeness (QED) is 0.750. The third-order valence-corrected chi connectivity index (χ3v) is 3.42. The van der Waals surface area contributed by atoms with Crippen molar-refractivity contribution in [3.63, 3.8) is 0 Å². The minimum Gasteiger partial charge on any atom is -0.326 e. The van der Waals surface area contributed by atoms with Gasteiger partial charge in [-0.05, 0) is 64.6 Å². The number of anilines is 1. The van der Waals surface area contributed by atoms with E-state index in [9.17, 15) is 18.0 Å². The second-order valence-electron chi connectivity index (χ2n) is 4.43. The summed E-state index contributed by atoms with van der Waals surface area (Å²) in [7, 11) is 0. The molecule has 0 aliphatic rings. The van der Waals surface area contributed by atoms with Crippen LogP contribution < -0.4 is 5.32 Å². The van der Waals surface area contributed by atoms with Crippen LogP contribution in [0, 0.1) is 3.57 Å². The van der Waals surface area contributed by atoms with Crippen molar-refractivity contribution in [3.8, 4) is 0 Å². The van der Waals surface area contributed by atoms with Crippen LogP contribution >= 0.6 is 22.6 Å². The summed E-state index contributed by atoms with van der Waals surface area (Å²) in [6.45, 7) is 0. The molecule has 0 aliphatic heterocycles. The molecule has 6 heteroatoms. The summed E-state index contributed by atoms with van der Waals surface area (Å²) in [6.07, 6.45) is -4.19. The van der Waals surface area contributed by atoms with E-state index >= 15 is 0 Å². The summed E-state index contributed by atoms with van der Waals surface area (Å²) < 4.78 is 38.3. The van der Waals surface area contributed by atoms with E-state index in [1.807, 2.05) is 24.3 Å². The van der Waals surface area contributed by atoms with Crippen LogP contribution in [0.2, 0.25) is 0 Å². The second kappa shape index (κ2) is 6.46. The fraction of sp³-hybridized carbons (Fsp3) is 0.133. The van der Waals surface area contributed by atoms with Gasteiger partial charge in [-0.2, -0.15) is 13.2 Å². The normalized spacial score (nSPS) is 11.2. The highest BCUT2D eigenvalue weighted by atomic mass is 127. The van der Waals surface area contributed by atoms with Crippen LogP contribution in [0.4, 0.5) is 18.9 Å². The van der Waals surface area contributed by atoms with Crippen LogP contribution in [-0.4, -0.2) is 5.91 Å². The number of carbonyl (C=O) groups is 1. The first-order valence-electron chi connectivity index (χ1n) is 6.06. The predicted molar refractivity (Wildman–Crippen MR) is 82.9 cm³/mol. The Morgan fingerprint density at radius 2 is 1.76 bits per heavy atom. The van der Waals surface area contributed by atoms with Gasteiger partial charge in [0.2, 0.25) is 5.91 Å². The number of hydrogen-bond donors (Lipinski definition) is 1. The van der Waals surface area contributed by atoms with Crippen molar-refractivity contribution in [1.82, 2.24) is 0 Å². The van der Waals surface area contributed by atoms with Crippen molar-refractivity contribution in [3.05, 3.63) is 63.2 Å². The SMILES string of the molecule is O=C(Cc1cccc(I)c1)Nc1ccc(C(F)(F)F)cc1. The fourth-order valence-corrected chi connectivity index (χ4v) is 2.39. The van der Waals surface area contributed by atoms with E-state index in [2.05, 4.69) is 27.9 Å². The molecule has 0 aromatic heterocycles. The summed E-state index contributed by atoms with van der Waals surface area (Å²) in [5.74, 6) is -0.267. The molecule has 2 nitrogen and oxygen atoms in total. The molecule has 1 N–H and O–H groups in total. The summed E-state index contributed by atoms with van der Waals surface area (Å²) in [4.78, 5) is 11.8.